The highest BCUT2D eigenvalue weighted by Crippen LogP contribution is 2.27. The van der Waals surface area contributed by atoms with Gasteiger partial charge in [0.25, 0.3) is 5.91 Å². The number of likely N-dealkylation sites (tertiary alicyclic amines) is 1. The Morgan fingerprint density at radius 2 is 2.10 bits per heavy atom. The van der Waals surface area contributed by atoms with E-state index in [9.17, 15) is 13.2 Å². The fourth-order valence-corrected chi connectivity index (χ4v) is 4.05. The Balaban J connectivity index is 2.40. The van der Waals surface area contributed by atoms with Crippen LogP contribution < -0.4 is 5.14 Å². The Morgan fingerprint density at radius 1 is 1.43 bits per heavy atom. The highest BCUT2D eigenvalue weighted by molar-refractivity contribution is 9.10. The predicted octanol–water partition coefficient (Wildman–Crippen LogP) is 2.28. The van der Waals surface area contributed by atoms with E-state index < -0.39 is 10.0 Å². The lowest BCUT2D eigenvalue weighted by atomic mass is 9.99. The second-order valence-electron chi connectivity index (χ2n) is 5.62. The van der Waals surface area contributed by atoms with E-state index in [1.807, 2.05) is 0 Å². The van der Waals surface area contributed by atoms with Crippen LogP contribution in [0.1, 0.15) is 35.7 Å². The van der Waals surface area contributed by atoms with Crippen LogP contribution in [0.15, 0.2) is 21.5 Å². The van der Waals surface area contributed by atoms with Crippen LogP contribution >= 0.6 is 15.9 Å². The summed E-state index contributed by atoms with van der Waals surface area (Å²) in [7, 11) is -3.85. The van der Waals surface area contributed by atoms with Crippen LogP contribution in [0.2, 0.25) is 0 Å². The largest absolute Gasteiger partial charge is 0.338 e. The number of rotatable bonds is 2. The minimum absolute atomic E-state index is 0.00900. The molecule has 2 N–H and O–H groups in total. The first-order valence-corrected chi connectivity index (χ1v) is 9.16. The van der Waals surface area contributed by atoms with Gasteiger partial charge in [-0.1, -0.05) is 22.9 Å². The average Bonchev–Trinajstić information content (AvgIpc) is 2.39. The van der Waals surface area contributed by atoms with Crippen molar-refractivity contribution < 1.29 is 13.2 Å². The Hall–Kier alpha value is -0.920. The first-order valence-electron chi connectivity index (χ1n) is 6.82. The molecule has 5 nitrogen and oxygen atoms in total. The third-order valence-corrected chi connectivity index (χ3v) is 5.66. The fourth-order valence-electron chi connectivity index (χ4n) is 2.63. The maximum Gasteiger partial charge on any atom is 0.253 e. The summed E-state index contributed by atoms with van der Waals surface area (Å²) in [5.41, 5.74) is 0.867. The number of halogens is 1. The molecule has 0 bridgehead atoms. The van der Waals surface area contributed by atoms with E-state index in [0.717, 1.165) is 12.8 Å². The Kier molecular flexibility index (Phi) is 4.75. The van der Waals surface area contributed by atoms with Crippen LogP contribution in [0.25, 0.3) is 0 Å². The Morgan fingerprint density at radius 3 is 2.67 bits per heavy atom. The van der Waals surface area contributed by atoms with Crippen LogP contribution in [0.3, 0.4) is 0 Å². The lowest BCUT2D eigenvalue weighted by molar-refractivity contribution is 0.0682. The van der Waals surface area contributed by atoms with Crippen LogP contribution in [0, 0.1) is 12.8 Å². The number of carbonyl (C=O) groups is 1. The monoisotopic (exact) mass is 374 g/mol. The molecule has 0 aromatic heterocycles. The molecule has 1 aliphatic rings. The standard InChI is InChI=1S/C14H19BrN2O3S/c1-9-4-3-5-17(8-9)14(18)11-6-12(15)10(2)13(7-11)21(16,19)20/h6-7,9H,3-5,8H2,1-2H3,(H2,16,19,20). The predicted molar refractivity (Wildman–Crippen MR) is 84.6 cm³/mol. The quantitative estimate of drug-likeness (QED) is 0.861. The molecular formula is C14H19BrN2O3S. The van der Waals surface area contributed by atoms with Gasteiger partial charge in [-0.25, -0.2) is 13.6 Å². The molecule has 1 saturated heterocycles. The van der Waals surface area contributed by atoms with Gasteiger partial charge < -0.3 is 4.90 Å². The minimum Gasteiger partial charge on any atom is -0.338 e. The van der Waals surface area contributed by atoms with Gasteiger partial charge in [-0.3, -0.25) is 4.79 Å². The van der Waals surface area contributed by atoms with Gasteiger partial charge in [0, 0.05) is 23.1 Å². The third-order valence-electron chi connectivity index (χ3n) is 3.79. The van der Waals surface area contributed by atoms with Crippen LogP contribution in [-0.2, 0) is 10.0 Å². The van der Waals surface area contributed by atoms with E-state index in [1.165, 1.54) is 6.07 Å². The summed E-state index contributed by atoms with van der Waals surface area (Å²) in [5.74, 6) is 0.321. The van der Waals surface area contributed by atoms with Crippen molar-refractivity contribution in [2.75, 3.05) is 13.1 Å². The molecule has 1 aliphatic heterocycles. The van der Waals surface area contributed by atoms with Crippen molar-refractivity contribution >= 4 is 31.9 Å². The van der Waals surface area contributed by atoms with Gasteiger partial charge in [-0.15, -0.1) is 0 Å². The summed E-state index contributed by atoms with van der Waals surface area (Å²) in [6.07, 6.45) is 2.09. The zero-order valence-electron chi connectivity index (χ0n) is 12.1. The zero-order valence-corrected chi connectivity index (χ0v) is 14.5. The normalized spacial score (nSPS) is 19.6. The summed E-state index contributed by atoms with van der Waals surface area (Å²) in [6.45, 7) is 5.18. The molecule has 1 amide bonds. The minimum atomic E-state index is -3.85. The zero-order chi connectivity index (χ0) is 15.8. The summed E-state index contributed by atoms with van der Waals surface area (Å²) in [6, 6.07) is 3.03. The molecule has 7 heteroatoms. The lowest BCUT2D eigenvalue weighted by Crippen LogP contribution is -2.39. The molecular weight excluding hydrogens is 356 g/mol. The van der Waals surface area contributed by atoms with Gasteiger partial charge in [-0.2, -0.15) is 0 Å². The number of primary sulfonamides is 1. The molecule has 2 rings (SSSR count). The van der Waals surface area contributed by atoms with E-state index >= 15 is 0 Å². The van der Waals surface area contributed by atoms with Gasteiger partial charge in [-0.05, 0) is 43.4 Å². The van der Waals surface area contributed by atoms with E-state index in [2.05, 4.69) is 22.9 Å². The Labute approximate surface area is 133 Å². The van der Waals surface area contributed by atoms with Crippen molar-refractivity contribution in [1.29, 1.82) is 0 Å². The molecule has 0 spiro atoms. The second kappa shape index (κ2) is 6.06. The molecule has 1 unspecified atom stereocenters. The summed E-state index contributed by atoms with van der Waals surface area (Å²) in [4.78, 5) is 14.3. The second-order valence-corrected chi connectivity index (χ2v) is 8.01. The van der Waals surface area contributed by atoms with Crippen LogP contribution in [0.5, 0.6) is 0 Å². The van der Waals surface area contributed by atoms with Gasteiger partial charge in [0.1, 0.15) is 0 Å². The summed E-state index contributed by atoms with van der Waals surface area (Å²) in [5, 5.41) is 5.22. The number of carbonyl (C=O) groups excluding carboxylic acids is 1. The number of hydrogen-bond donors (Lipinski definition) is 1. The van der Waals surface area contributed by atoms with E-state index in [1.54, 1.807) is 17.9 Å². The summed E-state index contributed by atoms with van der Waals surface area (Å²) < 4.78 is 23.9. The van der Waals surface area contributed by atoms with Crippen LogP contribution in [-0.4, -0.2) is 32.3 Å². The fraction of sp³-hybridized carbons (Fsp3) is 0.500. The van der Waals surface area contributed by atoms with Crippen molar-refractivity contribution in [3.63, 3.8) is 0 Å². The molecule has 1 fully saturated rings. The molecule has 21 heavy (non-hydrogen) atoms. The van der Waals surface area contributed by atoms with E-state index in [4.69, 9.17) is 5.14 Å². The van der Waals surface area contributed by atoms with Crippen molar-refractivity contribution in [1.82, 2.24) is 4.90 Å². The van der Waals surface area contributed by atoms with Crippen molar-refractivity contribution in [2.45, 2.75) is 31.6 Å². The smallest absolute Gasteiger partial charge is 0.253 e. The van der Waals surface area contributed by atoms with Crippen molar-refractivity contribution in [2.24, 2.45) is 11.1 Å². The number of benzene rings is 1. The highest BCUT2D eigenvalue weighted by atomic mass is 79.9. The van der Waals surface area contributed by atoms with E-state index in [0.29, 0.717) is 34.6 Å². The van der Waals surface area contributed by atoms with Gasteiger partial charge in [0.05, 0.1) is 4.90 Å². The van der Waals surface area contributed by atoms with Crippen LogP contribution in [0.4, 0.5) is 0 Å². The van der Waals surface area contributed by atoms with E-state index in [-0.39, 0.29) is 10.8 Å². The van der Waals surface area contributed by atoms with Crippen molar-refractivity contribution in [3.05, 3.63) is 27.7 Å². The highest BCUT2D eigenvalue weighted by Gasteiger charge is 2.24. The molecule has 0 aliphatic carbocycles. The van der Waals surface area contributed by atoms with Gasteiger partial charge in [0.15, 0.2) is 0 Å². The number of piperidine rings is 1. The van der Waals surface area contributed by atoms with Crippen molar-refractivity contribution in [3.8, 4) is 0 Å². The van der Waals surface area contributed by atoms with Gasteiger partial charge >= 0.3 is 0 Å². The number of nitrogens with two attached hydrogens (primary N) is 1. The first-order chi connectivity index (χ1) is 9.70. The molecule has 0 radical (unpaired) electrons. The molecule has 1 aromatic carbocycles. The van der Waals surface area contributed by atoms with Gasteiger partial charge in [0.2, 0.25) is 10.0 Å². The number of amides is 1. The number of hydrogen-bond acceptors (Lipinski definition) is 3. The Bertz CT molecular complexity index is 673. The SMILES string of the molecule is Cc1c(Br)cc(C(=O)N2CCCC(C)C2)cc1S(N)(=O)=O. The third kappa shape index (κ3) is 3.64. The number of sulfonamides is 1. The molecule has 116 valence electrons. The maximum atomic E-state index is 12.6. The summed E-state index contributed by atoms with van der Waals surface area (Å²) >= 11 is 3.30. The molecule has 1 atom stereocenters. The lowest BCUT2D eigenvalue weighted by Gasteiger charge is -2.31. The maximum absolute atomic E-state index is 12.6. The first kappa shape index (κ1) is 16.5. The molecule has 1 heterocycles. The molecule has 1 aromatic rings. The topological polar surface area (TPSA) is 80.5 Å². The number of nitrogens with zero attached hydrogens (tertiary/aromatic N) is 1. The average molecular weight is 375 g/mol. The molecule has 0 saturated carbocycles.